The minimum atomic E-state index is -0.268. The predicted octanol–water partition coefficient (Wildman–Crippen LogP) is 1.90. The second-order valence-electron chi connectivity index (χ2n) is 7.40. The molecule has 2 fully saturated rings. The van der Waals surface area contributed by atoms with Gasteiger partial charge in [-0.15, -0.1) is 0 Å². The van der Waals surface area contributed by atoms with Crippen molar-refractivity contribution in [2.24, 2.45) is 0 Å². The molecule has 2 aliphatic heterocycles. The fourth-order valence-corrected chi connectivity index (χ4v) is 4.18. The summed E-state index contributed by atoms with van der Waals surface area (Å²) in [5.74, 6) is 0.1000. The highest BCUT2D eigenvalue weighted by Crippen LogP contribution is 2.35. The number of hydrogen-bond donors (Lipinski definition) is 1. The highest BCUT2D eigenvalue weighted by Gasteiger charge is 2.41. The van der Waals surface area contributed by atoms with Crippen molar-refractivity contribution < 1.29 is 19.4 Å². The molecule has 3 heterocycles. The Bertz CT molecular complexity index is 617. The molecule has 6 heteroatoms. The summed E-state index contributed by atoms with van der Waals surface area (Å²) in [7, 11) is 1.69. The predicted molar refractivity (Wildman–Crippen MR) is 94.8 cm³/mol. The number of aliphatic hydroxyl groups excluding tert-OH is 1. The Labute approximate surface area is 149 Å². The summed E-state index contributed by atoms with van der Waals surface area (Å²) in [6.45, 7) is 7.42. The normalized spacial score (nSPS) is 23.2. The van der Waals surface area contributed by atoms with Crippen LogP contribution in [-0.4, -0.2) is 65.6 Å². The third kappa shape index (κ3) is 3.76. The summed E-state index contributed by atoms with van der Waals surface area (Å²) in [6.07, 6.45) is 2.75. The maximum Gasteiger partial charge on any atom is 0.255 e. The molecule has 1 aromatic heterocycles. The molecule has 1 atom stereocenters. The fraction of sp³-hybridized carbons (Fsp3) is 0.737. The molecular weight excluding hydrogens is 320 g/mol. The first-order chi connectivity index (χ1) is 12.0. The number of hydrogen-bond acceptors (Lipinski definition) is 4. The Morgan fingerprint density at radius 2 is 2.12 bits per heavy atom. The van der Waals surface area contributed by atoms with E-state index in [-0.39, 0.29) is 17.6 Å². The Morgan fingerprint density at radius 1 is 1.40 bits per heavy atom. The monoisotopic (exact) mass is 350 g/mol. The molecule has 1 spiro atoms. The second-order valence-corrected chi connectivity index (χ2v) is 7.40. The smallest absolute Gasteiger partial charge is 0.255 e. The van der Waals surface area contributed by atoms with Crippen molar-refractivity contribution >= 4 is 5.91 Å². The van der Waals surface area contributed by atoms with Gasteiger partial charge in [-0.25, -0.2) is 0 Å². The molecule has 0 aliphatic carbocycles. The van der Waals surface area contributed by atoms with Gasteiger partial charge in [-0.1, -0.05) is 0 Å². The fourth-order valence-electron chi connectivity index (χ4n) is 4.18. The third-order valence-electron chi connectivity index (χ3n) is 5.75. The number of carbonyl (C=O) groups excluding carboxylic acids is 1. The molecule has 0 bridgehead atoms. The summed E-state index contributed by atoms with van der Waals surface area (Å²) in [6, 6.07) is 1.98. The van der Waals surface area contributed by atoms with Gasteiger partial charge in [0.2, 0.25) is 0 Å². The molecular formula is C19H30N2O4. The number of amides is 1. The number of methoxy groups -OCH3 is 1. The molecule has 0 radical (unpaired) electrons. The second kappa shape index (κ2) is 7.48. The van der Waals surface area contributed by atoms with Crippen molar-refractivity contribution in [2.45, 2.75) is 57.8 Å². The quantitative estimate of drug-likeness (QED) is 0.901. The molecule has 1 N–H and O–H groups in total. The Morgan fingerprint density at radius 3 is 2.76 bits per heavy atom. The molecule has 2 saturated heterocycles. The third-order valence-corrected chi connectivity index (χ3v) is 5.75. The topological polar surface area (TPSA) is 63.9 Å². The Balaban J connectivity index is 1.67. The van der Waals surface area contributed by atoms with E-state index in [9.17, 15) is 9.90 Å². The first kappa shape index (κ1) is 18.4. The van der Waals surface area contributed by atoms with Crippen LogP contribution in [0.2, 0.25) is 0 Å². The zero-order chi connectivity index (χ0) is 18.0. The lowest BCUT2D eigenvalue weighted by atomic mass is 9.83. The van der Waals surface area contributed by atoms with E-state index in [1.54, 1.807) is 7.11 Å². The summed E-state index contributed by atoms with van der Waals surface area (Å²) in [5.41, 5.74) is 2.65. The number of rotatable bonds is 4. The van der Waals surface area contributed by atoms with Crippen LogP contribution in [0, 0.1) is 13.8 Å². The van der Waals surface area contributed by atoms with Gasteiger partial charge in [0.05, 0.1) is 23.9 Å². The van der Waals surface area contributed by atoms with Gasteiger partial charge in [0.25, 0.3) is 5.91 Å². The molecule has 2 aliphatic rings. The van der Waals surface area contributed by atoms with Crippen LogP contribution in [0.15, 0.2) is 6.07 Å². The van der Waals surface area contributed by atoms with Crippen molar-refractivity contribution in [3.05, 3.63) is 23.0 Å². The summed E-state index contributed by atoms with van der Waals surface area (Å²) < 4.78 is 13.3. The van der Waals surface area contributed by atoms with Gasteiger partial charge in [0.15, 0.2) is 0 Å². The maximum atomic E-state index is 13.0. The van der Waals surface area contributed by atoms with Crippen molar-refractivity contribution in [3.8, 4) is 0 Å². The van der Waals surface area contributed by atoms with Crippen LogP contribution in [0.1, 0.15) is 47.4 Å². The molecule has 25 heavy (non-hydrogen) atoms. The van der Waals surface area contributed by atoms with E-state index in [0.29, 0.717) is 32.7 Å². The van der Waals surface area contributed by atoms with Gasteiger partial charge >= 0.3 is 0 Å². The van der Waals surface area contributed by atoms with E-state index >= 15 is 0 Å². The number of aliphatic hydroxyl groups is 1. The molecule has 3 rings (SSSR count). The maximum absolute atomic E-state index is 13.0. The molecule has 1 unspecified atom stereocenters. The van der Waals surface area contributed by atoms with Crippen LogP contribution >= 0.6 is 0 Å². The first-order valence-electron chi connectivity index (χ1n) is 9.23. The van der Waals surface area contributed by atoms with Crippen molar-refractivity contribution in [1.82, 2.24) is 9.47 Å². The van der Waals surface area contributed by atoms with Crippen LogP contribution in [-0.2, 0) is 16.0 Å². The number of aryl methyl sites for hydroxylation is 1. The van der Waals surface area contributed by atoms with Crippen LogP contribution in [0.4, 0.5) is 0 Å². The van der Waals surface area contributed by atoms with E-state index in [1.807, 2.05) is 24.8 Å². The Kier molecular flexibility index (Phi) is 5.51. The van der Waals surface area contributed by atoms with Gasteiger partial charge in [0, 0.05) is 51.2 Å². The van der Waals surface area contributed by atoms with E-state index in [2.05, 4.69) is 4.57 Å². The number of piperidine rings is 1. The highest BCUT2D eigenvalue weighted by atomic mass is 16.5. The van der Waals surface area contributed by atoms with Gasteiger partial charge in [-0.05, 0) is 39.2 Å². The summed E-state index contributed by atoms with van der Waals surface area (Å²) in [4.78, 5) is 14.9. The lowest BCUT2D eigenvalue weighted by Crippen LogP contribution is -2.51. The van der Waals surface area contributed by atoms with Gasteiger partial charge < -0.3 is 24.0 Å². The number of aromatic nitrogens is 1. The number of nitrogens with zero attached hydrogens (tertiary/aromatic N) is 2. The SMILES string of the molecule is COCCn1c(C)cc(C(=O)N2CCC3(CC2)CC(O)CCO3)c1C. The average Bonchev–Trinajstić information content (AvgIpc) is 2.87. The molecule has 1 aromatic rings. The summed E-state index contributed by atoms with van der Waals surface area (Å²) in [5, 5.41) is 9.95. The van der Waals surface area contributed by atoms with Gasteiger partial charge in [0.1, 0.15) is 0 Å². The zero-order valence-electron chi connectivity index (χ0n) is 15.6. The first-order valence-corrected chi connectivity index (χ1v) is 9.23. The van der Waals surface area contributed by atoms with E-state index < -0.39 is 0 Å². The highest BCUT2D eigenvalue weighted by molar-refractivity contribution is 5.95. The Hall–Kier alpha value is -1.37. The molecule has 6 nitrogen and oxygen atoms in total. The number of likely N-dealkylation sites (tertiary alicyclic amines) is 1. The van der Waals surface area contributed by atoms with Crippen LogP contribution in [0.25, 0.3) is 0 Å². The number of carbonyl (C=O) groups is 1. The van der Waals surface area contributed by atoms with E-state index in [1.165, 1.54) is 0 Å². The molecule has 0 saturated carbocycles. The largest absolute Gasteiger partial charge is 0.393 e. The number of ether oxygens (including phenoxy) is 2. The van der Waals surface area contributed by atoms with E-state index in [0.717, 1.165) is 42.8 Å². The minimum absolute atomic E-state index is 0.1000. The van der Waals surface area contributed by atoms with Gasteiger partial charge in [-0.2, -0.15) is 0 Å². The van der Waals surface area contributed by atoms with Crippen LogP contribution < -0.4 is 0 Å². The van der Waals surface area contributed by atoms with Crippen molar-refractivity contribution in [1.29, 1.82) is 0 Å². The zero-order valence-corrected chi connectivity index (χ0v) is 15.6. The van der Waals surface area contributed by atoms with Crippen molar-refractivity contribution in [2.75, 3.05) is 33.4 Å². The summed E-state index contributed by atoms with van der Waals surface area (Å²) >= 11 is 0. The minimum Gasteiger partial charge on any atom is -0.393 e. The molecule has 0 aromatic carbocycles. The lowest BCUT2D eigenvalue weighted by Gasteiger charge is -2.45. The van der Waals surface area contributed by atoms with E-state index in [4.69, 9.17) is 9.47 Å². The van der Waals surface area contributed by atoms with Gasteiger partial charge in [-0.3, -0.25) is 4.79 Å². The van der Waals surface area contributed by atoms with Crippen molar-refractivity contribution in [3.63, 3.8) is 0 Å². The molecule has 140 valence electrons. The lowest BCUT2D eigenvalue weighted by molar-refractivity contribution is -0.139. The standard InChI is InChI=1S/C19H30N2O4/c1-14-12-17(15(2)21(14)9-11-24-3)18(23)20-7-5-19(6-8-20)13-16(22)4-10-25-19/h12,16,22H,4-11,13H2,1-3H3. The average molecular weight is 350 g/mol. The molecule has 1 amide bonds. The van der Waals surface area contributed by atoms with Crippen LogP contribution in [0.3, 0.4) is 0 Å². The van der Waals surface area contributed by atoms with Crippen LogP contribution in [0.5, 0.6) is 0 Å².